The van der Waals surface area contributed by atoms with E-state index in [1.807, 2.05) is 27.0 Å². The predicted octanol–water partition coefficient (Wildman–Crippen LogP) is 5.18. The number of fused-ring (bicyclic) bond motifs is 1. The maximum atomic E-state index is 6.20. The fourth-order valence-corrected chi connectivity index (χ4v) is 3.46. The van der Waals surface area contributed by atoms with Crippen molar-refractivity contribution in [1.29, 1.82) is 0 Å². The summed E-state index contributed by atoms with van der Waals surface area (Å²) in [6, 6.07) is 2.07. The Kier molecular flexibility index (Phi) is 5.40. The van der Waals surface area contributed by atoms with E-state index in [-0.39, 0.29) is 0 Å². The maximum absolute atomic E-state index is 6.20. The normalized spacial score (nSPS) is 10.1. The molecule has 0 N–H and O–H groups in total. The summed E-state index contributed by atoms with van der Waals surface area (Å²) in [4.78, 5) is 4.39. The van der Waals surface area contributed by atoms with Crippen LogP contribution in [0.2, 0.25) is 5.02 Å². The van der Waals surface area contributed by atoms with Crippen LogP contribution in [-0.4, -0.2) is 8.96 Å². The number of hydrogen-bond acceptors (Lipinski definition) is 2. The van der Waals surface area contributed by atoms with E-state index >= 15 is 0 Å². The molecule has 5 heteroatoms. The summed E-state index contributed by atoms with van der Waals surface area (Å²) in [5.74, 6) is 0. The highest BCUT2D eigenvalue weighted by atomic mass is 127. The minimum absolute atomic E-state index is 0.808. The van der Waals surface area contributed by atoms with Crippen molar-refractivity contribution in [2.45, 2.75) is 27.7 Å². The topological polar surface area (TPSA) is 17.8 Å². The van der Waals surface area contributed by atoms with Crippen molar-refractivity contribution in [3.8, 4) is 0 Å². The highest BCUT2D eigenvalue weighted by Gasteiger charge is 2.10. The predicted molar refractivity (Wildman–Crippen MR) is 82.6 cm³/mol. The minimum Gasteiger partial charge on any atom is -0.263 e. The Hall–Kier alpha value is 0.0600. The van der Waals surface area contributed by atoms with Crippen molar-refractivity contribution in [3.63, 3.8) is 0 Å². The lowest BCUT2D eigenvalue weighted by molar-refractivity contribution is 1.18. The summed E-state index contributed by atoms with van der Waals surface area (Å²) in [6.07, 6.45) is 1.81. The summed E-state index contributed by atoms with van der Waals surface area (Å²) in [5, 5.41) is 1.84. The molecule has 2 aromatic heterocycles. The second-order valence-corrected chi connectivity index (χ2v) is 5.20. The SMILES string of the molecule is CC.Cc1cnc2c(cc(C)n2SI)c1Cl. The van der Waals surface area contributed by atoms with Gasteiger partial charge in [-0.1, -0.05) is 25.4 Å². The Morgan fingerprint density at radius 1 is 1.38 bits per heavy atom. The molecular formula is C11H14ClIN2S. The highest BCUT2D eigenvalue weighted by Crippen LogP contribution is 2.32. The molecule has 0 unspecified atom stereocenters. The van der Waals surface area contributed by atoms with E-state index in [1.165, 1.54) is 5.69 Å². The Morgan fingerprint density at radius 3 is 2.56 bits per heavy atom. The second kappa shape index (κ2) is 6.12. The van der Waals surface area contributed by atoms with Gasteiger partial charge in [0.1, 0.15) is 0 Å². The Morgan fingerprint density at radius 2 is 2.00 bits per heavy atom. The van der Waals surface area contributed by atoms with Crippen molar-refractivity contribution in [2.24, 2.45) is 0 Å². The van der Waals surface area contributed by atoms with Gasteiger partial charge in [0, 0.05) is 47.6 Å². The van der Waals surface area contributed by atoms with Crippen molar-refractivity contribution in [1.82, 2.24) is 8.96 Å². The van der Waals surface area contributed by atoms with Crippen LogP contribution in [0.15, 0.2) is 12.3 Å². The van der Waals surface area contributed by atoms with Crippen LogP contribution in [0, 0.1) is 13.8 Å². The summed E-state index contributed by atoms with van der Waals surface area (Å²) >= 11 is 8.44. The Bertz CT molecular complexity index is 496. The van der Waals surface area contributed by atoms with Gasteiger partial charge < -0.3 is 0 Å². The monoisotopic (exact) mass is 368 g/mol. The molecule has 0 aliphatic heterocycles. The largest absolute Gasteiger partial charge is 0.263 e. The first-order valence-electron chi connectivity index (χ1n) is 5.07. The van der Waals surface area contributed by atoms with Crippen molar-refractivity contribution in [3.05, 3.63) is 28.5 Å². The maximum Gasteiger partial charge on any atom is 0.152 e. The van der Waals surface area contributed by atoms with E-state index in [9.17, 15) is 0 Å². The number of hydrogen-bond donors (Lipinski definition) is 0. The Labute approximate surface area is 117 Å². The van der Waals surface area contributed by atoms with Crippen LogP contribution in [-0.2, 0) is 0 Å². The molecule has 0 fully saturated rings. The van der Waals surface area contributed by atoms with Crippen LogP contribution in [0.25, 0.3) is 11.0 Å². The van der Waals surface area contributed by atoms with Gasteiger partial charge in [-0.2, -0.15) is 0 Å². The Balaban J connectivity index is 0.000000606. The van der Waals surface area contributed by atoms with Gasteiger partial charge >= 0.3 is 0 Å². The second-order valence-electron chi connectivity index (χ2n) is 3.14. The van der Waals surface area contributed by atoms with E-state index in [0.717, 1.165) is 21.6 Å². The molecule has 2 heterocycles. The molecule has 0 bridgehead atoms. The first-order chi connectivity index (χ1) is 7.65. The third kappa shape index (κ3) is 2.49. The van der Waals surface area contributed by atoms with Crippen LogP contribution in [0.5, 0.6) is 0 Å². The lowest BCUT2D eigenvalue weighted by Crippen LogP contribution is -1.88. The molecule has 0 aliphatic carbocycles. The smallest absolute Gasteiger partial charge is 0.152 e. The van der Waals surface area contributed by atoms with Crippen LogP contribution in [0.3, 0.4) is 0 Å². The molecule has 16 heavy (non-hydrogen) atoms. The van der Waals surface area contributed by atoms with Crippen molar-refractivity contribution < 1.29 is 0 Å². The van der Waals surface area contributed by atoms with E-state index in [4.69, 9.17) is 11.6 Å². The first kappa shape index (κ1) is 14.1. The van der Waals surface area contributed by atoms with Crippen molar-refractivity contribution >= 4 is 53.0 Å². The highest BCUT2D eigenvalue weighted by molar-refractivity contribution is 14.2. The average molecular weight is 369 g/mol. The van der Waals surface area contributed by atoms with Gasteiger partial charge in [0.25, 0.3) is 0 Å². The van der Waals surface area contributed by atoms with Gasteiger partial charge in [-0.25, -0.2) is 4.98 Å². The zero-order valence-electron chi connectivity index (χ0n) is 9.71. The molecule has 0 aliphatic rings. The molecule has 0 saturated heterocycles. The molecular weight excluding hydrogens is 355 g/mol. The summed E-state index contributed by atoms with van der Waals surface area (Å²) in [7, 11) is 1.61. The first-order valence-corrected chi connectivity index (χ1v) is 8.77. The fraction of sp³-hybridized carbons (Fsp3) is 0.364. The third-order valence-corrected chi connectivity index (χ3v) is 4.42. The number of aromatic nitrogens is 2. The molecule has 2 aromatic rings. The molecule has 2 nitrogen and oxygen atoms in total. The van der Waals surface area contributed by atoms with Gasteiger partial charge in [-0.15, -0.1) is 0 Å². The molecule has 0 spiro atoms. The zero-order valence-corrected chi connectivity index (χ0v) is 13.4. The number of rotatable bonds is 1. The number of pyridine rings is 1. The van der Waals surface area contributed by atoms with E-state index in [1.54, 1.807) is 9.12 Å². The molecule has 0 radical (unpaired) electrons. The van der Waals surface area contributed by atoms with Gasteiger partial charge in [0.05, 0.1) is 5.02 Å². The van der Waals surface area contributed by atoms with Crippen LogP contribution in [0.4, 0.5) is 0 Å². The van der Waals surface area contributed by atoms with E-state index in [0.29, 0.717) is 0 Å². The fourth-order valence-electron chi connectivity index (χ4n) is 1.41. The standard InChI is InChI=1S/C9H8ClIN2S.C2H6/c1-5-4-12-9-7(8(5)10)3-6(2)13(9)14-11;1-2/h3-4H,1-2H3;1-2H3. The number of nitrogens with zero attached hydrogens (tertiary/aromatic N) is 2. The summed E-state index contributed by atoms with van der Waals surface area (Å²) in [6.45, 7) is 8.03. The van der Waals surface area contributed by atoms with Crippen molar-refractivity contribution in [2.75, 3.05) is 0 Å². The molecule has 0 atom stereocenters. The van der Waals surface area contributed by atoms with E-state index in [2.05, 4.69) is 43.2 Å². The zero-order chi connectivity index (χ0) is 12.3. The number of halogens is 2. The summed E-state index contributed by atoms with van der Waals surface area (Å²) in [5.41, 5.74) is 3.13. The van der Waals surface area contributed by atoms with Crippen LogP contribution >= 0.6 is 41.9 Å². The number of aryl methyl sites for hydroxylation is 2. The average Bonchev–Trinajstić information content (AvgIpc) is 2.63. The quantitative estimate of drug-likeness (QED) is 0.646. The third-order valence-electron chi connectivity index (χ3n) is 2.14. The molecule has 0 aromatic carbocycles. The summed E-state index contributed by atoms with van der Waals surface area (Å²) < 4.78 is 2.07. The molecule has 0 saturated carbocycles. The lowest BCUT2D eigenvalue weighted by atomic mass is 10.2. The van der Waals surface area contributed by atoms with Crippen LogP contribution < -0.4 is 0 Å². The van der Waals surface area contributed by atoms with Gasteiger partial charge in [-0.3, -0.25) is 3.97 Å². The van der Waals surface area contributed by atoms with Crippen LogP contribution in [0.1, 0.15) is 25.1 Å². The lowest BCUT2D eigenvalue weighted by Gasteiger charge is -2.01. The van der Waals surface area contributed by atoms with Gasteiger partial charge in [0.15, 0.2) is 5.65 Å². The van der Waals surface area contributed by atoms with Gasteiger partial charge in [0.2, 0.25) is 0 Å². The van der Waals surface area contributed by atoms with Gasteiger partial charge in [-0.05, 0) is 25.5 Å². The minimum atomic E-state index is 0.808. The molecule has 0 amide bonds. The molecule has 88 valence electrons. The molecule has 2 rings (SSSR count). The van der Waals surface area contributed by atoms with E-state index < -0.39 is 0 Å².